The third-order valence-corrected chi connectivity index (χ3v) is 4.80. The number of aromatic nitrogens is 2. The van der Waals surface area contributed by atoms with Gasteiger partial charge in [-0.05, 0) is 18.1 Å². The Morgan fingerprint density at radius 2 is 2.05 bits per heavy atom. The molecule has 0 radical (unpaired) electrons. The van der Waals surface area contributed by atoms with Gasteiger partial charge < -0.3 is 10.5 Å². The Hall–Kier alpha value is -1.37. The molecule has 1 aliphatic rings. The molecule has 1 aliphatic heterocycles. The first-order valence-corrected chi connectivity index (χ1v) is 8.31. The van der Waals surface area contributed by atoms with Crippen LogP contribution in [-0.4, -0.2) is 47.5 Å². The quantitative estimate of drug-likeness (QED) is 0.904. The van der Waals surface area contributed by atoms with Gasteiger partial charge in [-0.25, -0.2) is 0 Å². The van der Waals surface area contributed by atoms with E-state index < -0.39 is 0 Å². The smallest absolute Gasteiger partial charge is 0.121 e. The van der Waals surface area contributed by atoms with E-state index in [1.807, 2.05) is 13.1 Å². The lowest BCUT2D eigenvalue weighted by Gasteiger charge is -2.26. The van der Waals surface area contributed by atoms with Crippen molar-refractivity contribution in [1.29, 1.82) is 0 Å². The van der Waals surface area contributed by atoms with Crippen molar-refractivity contribution in [3.8, 4) is 11.3 Å². The number of hydrogen-bond donors (Lipinski definition) is 1. The molecule has 0 amide bonds. The molecule has 0 atom stereocenters. The Morgan fingerprint density at radius 3 is 2.68 bits per heavy atom. The Balaban J connectivity index is 1.69. The molecule has 3 rings (SSSR count). The number of ether oxygens (including phenoxy) is 1. The highest BCUT2D eigenvalue weighted by molar-refractivity contribution is 9.10. The molecule has 1 aromatic carbocycles. The van der Waals surface area contributed by atoms with Crippen LogP contribution in [-0.2, 0) is 18.2 Å². The molecule has 1 fully saturated rings. The molecular weight excluding hydrogens is 344 g/mol. The van der Waals surface area contributed by atoms with Crippen molar-refractivity contribution < 1.29 is 4.74 Å². The number of anilines is 1. The number of nitrogen functional groups attached to an aromatic ring is 1. The van der Waals surface area contributed by atoms with Gasteiger partial charge in [0.1, 0.15) is 5.82 Å². The van der Waals surface area contributed by atoms with E-state index in [-0.39, 0.29) is 0 Å². The summed E-state index contributed by atoms with van der Waals surface area (Å²) in [5.41, 5.74) is 9.15. The number of rotatable bonds is 4. The second kappa shape index (κ2) is 6.81. The van der Waals surface area contributed by atoms with Crippen LogP contribution in [0.25, 0.3) is 11.3 Å². The summed E-state index contributed by atoms with van der Waals surface area (Å²) in [6, 6.07) is 8.30. The molecule has 2 aromatic rings. The molecule has 5 nitrogen and oxygen atoms in total. The average molecular weight is 365 g/mol. The van der Waals surface area contributed by atoms with Gasteiger partial charge in [0.05, 0.1) is 18.9 Å². The number of hydrogen-bond acceptors (Lipinski definition) is 4. The van der Waals surface area contributed by atoms with Crippen LogP contribution in [0.3, 0.4) is 0 Å². The average Bonchev–Trinajstić information content (AvgIpc) is 2.86. The molecular formula is C16H21BrN4O. The van der Waals surface area contributed by atoms with E-state index in [0.717, 1.165) is 55.0 Å². The Morgan fingerprint density at radius 1 is 1.27 bits per heavy atom. The predicted molar refractivity (Wildman–Crippen MR) is 91.7 cm³/mol. The molecule has 2 heterocycles. The van der Waals surface area contributed by atoms with E-state index in [2.05, 4.69) is 44.1 Å². The van der Waals surface area contributed by atoms with Gasteiger partial charge in [-0.3, -0.25) is 9.58 Å². The van der Waals surface area contributed by atoms with Gasteiger partial charge >= 0.3 is 0 Å². The number of nitrogens with two attached hydrogens (primary N) is 1. The summed E-state index contributed by atoms with van der Waals surface area (Å²) in [5.74, 6) is 0.669. The standard InChI is InChI=1S/C16H21BrN4O/c1-20-16(18)11-15(19-20)13-3-2-12(14(17)10-13)4-5-21-6-8-22-9-7-21/h2-3,10-11H,4-9,18H2,1H3. The van der Waals surface area contributed by atoms with Gasteiger partial charge in [0.15, 0.2) is 0 Å². The first-order valence-electron chi connectivity index (χ1n) is 7.52. The van der Waals surface area contributed by atoms with Gasteiger partial charge in [-0.1, -0.05) is 28.1 Å². The topological polar surface area (TPSA) is 56.3 Å². The van der Waals surface area contributed by atoms with Crippen LogP contribution < -0.4 is 5.73 Å². The van der Waals surface area contributed by atoms with Gasteiger partial charge in [0.25, 0.3) is 0 Å². The molecule has 0 saturated carbocycles. The lowest BCUT2D eigenvalue weighted by atomic mass is 10.1. The summed E-state index contributed by atoms with van der Waals surface area (Å²) in [7, 11) is 1.85. The summed E-state index contributed by atoms with van der Waals surface area (Å²) in [4.78, 5) is 2.45. The molecule has 118 valence electrons. The summed E-state index contributed by atoms with van der Waals surface area (Å²) >= 11 is 3.69. The van der Waals surface area contributed by atoms with Gasteiger partial charge in [-0.15, -0.1) is 0 Å². The van der Waals surface area contributed by atoms with Crippen LogP contribution in [0.2, 0.25) is 0 Å². The number of nitrogens with zero attached hydrogens (tertiary/aromatic N) is 3. The van der Waals surface area contributed by atoms with Crippen LogP contribution in [0.1, 0.15) is 5.56 Å². The van der Waals surface area contributed by atoms with Crippen LogP contribution in [0, 0.1) is 0 Å². The van der Waals surface area contributed by atoms with Gasteiger partial charge in [0.2, 0.25) is 0 Å². The number of benzene rings is 1. The maximum absolute atomic E-state index is 5.85. The lowest BCUT2D eigenvalue weighted by Crippen LogP contribution is -2.37. The molecule has 2 N–H and O–H groups in total. The van der Waals surface area contributed by atoms with E-state index in [4.69, 9.17) is 10.5 Å². The largest absolute Gasteiger partial charge is 0.384 e. The minimum absolute atomic E-state index is 0.669. The van der Waals surface area contributed by atoms with Crippen LogP contribution in [0.5, 0.6) is 0 Å². The maximum Gasteiger partial charge on any atom is 0.121 e. The Labute approximate surface area is 139 Å². The molecule has 1 aromatic heterocycles. The summed E-state index contributed by atoms with van der Waals surface area (Å²) < 4.78 is 8.20. The normalized spacial score (nSPS) is 16.1. The van der Waals surface area contributed by atoms with Crippen molar-refractivity contribution in [1.82, 2.24) is 14.7 Å². The summed E-state index contributed by atoms with van der Waals surface area (Å²) in [6.45, 7) is 4.83. The second-order valence-corrected chi connectivity index (χ2v) is 6.44. The third-order valence-electron chi connectivity index (χ3n) is 4.07. The lowest BCUT2D eigenvalue weighted by molar-refractivity contribution is 0.0384. The third kappa shape index (κ3) is 3.51. The van der Waals surface area contributed by atoms with E-state index in [1.165, 1.54) is 5.56 Å². The van der Waals surface area contributed by atoms with Gasteiger partial charge in [0, 0.05) is 42.8 Å². The highest BCUT2D eigenvalue weighted by atomic mass is 79.9. The molecule has 6 heteroatoms. The molecule has 0 spiro atoms. The molecule has 0 bridgehead atoms. The van der Waals surface area contributed by atoms with Crippen LogP contribution in [0.15, 0.2) is 28.7 Å². The highest BCUT2D eigenvalue weighted by Gasteiger charge is 2.12. The molecule has 1 saturated heterocycles. The van der Waals surface area contributed by atoms with Crippen molar-refractivity contribution in [3.05, 3.63) is 34.3 Å². The van der Waals surface area contributed by atoms with E-state index in [9.17, 15) is 0 Å². The van der Waals surface area contributed by atoms with Gasteiger partial charge in [-0.2, -0.15) is 5.10 Å². The first kappa shape index (κ1) is 15.5. The predicted octanol–water partition coefficient (Wildman–Crippen LogP) is 2.31. The summed E-state index contributed by atoms with van der Waals surface area (Å²) in [5, 5.41) is 4.42. The van der Waals surface area contributed by atoms with E-state index in [1.54, 1.807) is 4.68 Å². The minimum atomic E-state index is 0.669. The first-order chi connectivity index (χ1) is 10.6. The van der Waals surface area contributed by atoms with Crippen molar-refractivity contribution >= 4 is 21.7 Å². The van der Waals surface area contributed by atoms with Crippen molar-refractivity contribution in [3.63, 3.8) is 0 Å². The molecule has 0 unspecified atom stereocenters. The van der Waals surface area contributed by atoms with Crippen molar-refractivity contribution in [2.45, 2.75) is 6.42 Å². The fraction of sp³-hybridized carbons (Fsp3) is 0.438. The second-order valence-electron chi connectivity index (χ2n) is 5.59. The SMILES string of the molecule is Cn1nc(-c2ccc(CCN3CCOCC3)c(Br)c2)cc1N. The summed E-state index contributed by atoms with van der Waals surface area (Å²) in [6.07, 6.45) is 1.03. The fourth-order valence-electron chi connectivity index (χ4n) is 2.64. The zero-order valence-corrected chi connectivity index (χ0v) is 14.3. The monoisotopic (exact) mass is 364 g/mol. The Bertz CT molecular complexity index is 630. The van der Waals surface area contributed by atoms with Crippen LogP contribution >= 0.6 is 15.9 Å². The Kier molecular flexibility index (Phi) is 4.81. The highest BCUT2D eigenvalue weighted by Crippen LogP contribution is 2.26. The fourth-order valence-corrected chi connectivity index (χ4v) is 3.21. The van der Waals surface area contributed by atoms with E-state index >= 15 is 0 Å². The van der Waals surface area contributed by atoms with Crippen molar-refractivity contribution in [2.75, 3.05) is 38.6 Å². The zero-order valence-electron chi connectivity index (χ0n) is 12.8. The van der Waals surface area contributed by atoms with Crippen molar-refractivity contribution in [2.24, 2.45) is 7.05 Å². The van der Waals surface area contributed by atoms with E-state index in [0.29, 0.717) is 5.82 Å². The number of aryl methyl sites for hydroxylation is 1. The zero-order chi connectivity index (χ0) is 15.5. The number of halogens is 1. The van der Waals surface area contributed by atoms with Crippen LogP contribution in [0.4, 0.5) is 5.82 Å². The minimum Gasteiger partial charge on any atom is -0.384 e. The number of morpholine rings is 1. The molecule has 0 aliphatic carbocycles. The molecule has 22 heavy (non-hydrogen) atoms. The maximum atomic E-state index is 5.85.